The van der Waals surface area contributed by atoms with Gasteiger partial charge in [0.05, 0.1) is 12.6 Å². The lowest BCUT2D eigenvalue weighted by atomic mass is 10.1. The van der Waals surface area contributed by atoms with Gasteiger partial charge in [0.1, 0.15) is 0 Å². The second kappa shape index (κ2) is 7.04. The zero-order valence-electron chi connectivity index (χ0n) is 10.1. The summed E-state index contributed by atoms with van der Waals surface area (Å²) in [5, 5.41) is 12.0. The van der Waals surface area contributed by atoms with Crippen LogP contribution >= 0.6 is 0 Å². The molecular formula is C13H20N2O2. The second-order valence-electron chi connectivity index (χ2n) is 4.32. The van der Waals surface area contributed by atoms with Crippen molar-refractivity contribution in [2.75, 3.05) is 6.61 Å². The molecule has 1 aromatic carbocycles. The third-order valence-electron chi connectivity index (χ3n) is 2.42. The predicted octanol–water partition coefficient (Wildman–Crippen LogP) is 0.444. The molecule has 0 spiro atoms. The molecule has 1 rings (SSSR count). The number of aliphatic hydroxyl groups is 1. The molecule has 0 aliphatic carbocycles. The van der Waals surface area contributed by atoms with Gasteiger partial charge >= 0.3 is 0 Å². The van der Waals surface area contributed by atoms with Gasteiger partial charge < -0.3 is 16.2 Å². The van der Waals surface area contributed by atoms with Gasteiger partial charge in [0.25, 0.3) is 0 Å². The second-order valence-corrected chi connectivity index (χ2v) is 4.32. The maximum Gasteiger partial charge on any atom is 0.221 e. The molecule has 94 valence electrons. The highest BCUT2D eigenvalue weighted by atomic mass is 16.3. The molecule has 1 amide bonds. The van der Waals surface area contributed by atoms with E-state index in [1.165, 1.54) is 0 Å². The third kappa shape index (κ3) is 5.47. The van der Waals surface area contributed by atoms with E-state index in [2.05, 4.69) is 5.32 Å². The van der Waals surface area contributed by atoms with Gasteiger partial charge in [-0.25, -0.2) is 0 Å². The van der Waals surface area contributed by atoms with Crippen LogP contribution < -0.4 is 11.1 Å². The lowest BCUT2D eigenvalue weighted by Gasteiger charge is -2.17. The minimum atomic E-state index is -0.247. The quantitative estimate of drug-likeness (QED) is 0.671. The summed E-state index contributed by atoms with van der Waals surface area (Å²) >= 11 is 0. The summed E-state index contributed by atoms with van der Waals surface area (Å²) in [6, 6.07) is 9.35. The Morgan fingerprint density at radius 1 is 1.41 bits per heavy atom. The van der Waals surface area contributed by atoms with Gasteiger partial charge in [-0.3, -0.25) is 4.79 Å². The summed E-state index contributed by atoms with van der Waals surface area (Å²) in [4.78, 5) is 11.5. The number of carbonyl (C=O) groups excluding carboxylic acids is 1. The van der Waals surface area contributed by atoms with Crippen molar-refractivity contribution in [3.05, 3.63) is 35.9 Å². The molecule has 0 heterocycles. The van der Waals surface area contributed by atoms with Crippen LogP contribution in [0.25, 0.3) is 0 Å². The topological polar surface area (TPSA) is 75.4 Å². The minimum absolute atomic E-state index is 0.0699. The Kier molecular flexibility index (Phi) is 5.66. The average molecular weight is 236 g/mol. The van der Waals surface area contributed by atoms with Crippen LogP contribution in [0.15, 0.2) is 30.3 Å². The smallest absolute Gasteiger partial charge is 0.221 e. The van der Waals surface area contributed by atoms with Crippen LogP contribution in [-0.2, 0) is 11.2 Å². The number of benzene rings is 1. The Bertz CT molecular complexity index is 339. The van der Waals surface area contributed by atoms with Crippen molar-refractivity contribution < 1.29 is 9.90 Å². The van der Waals surface area contributed by atoms with Gasteiger partial charge in [0, 0.05) is 12.5 Å². The van der Waals surface area contributed by atoms with E-state index in [1.54, 1.807) is 6.92 Å². The Morgan fingerprint density at radius 3 is 2.59 bits per heavy atom. The fourth-order valence-electron chi connectivity index (χ4n) is 1.64. The molecule has 4 heteroatoms. The fourth-order valence-corrected chi connectivity index (χ4v) is 1.64. The summed E-state index contributed by atoms with van der Waals surface area (Å²) in [5.41, 5.74) is 6.63. The molecule has 1 unspecified atom stereocenters. The van der Waals surface area contributed by atoms with Crippen molar-refractivity contribution in [1.29, 1.82) is 0 Å². The average Bonchev–Trinajstić information content (AvgIpc) is 2.28. The van der Waals surface area contributed by atoms with Gasteiger partial charge in [-0.15, -0.1) is 0 Å². The highest BCUT2D eigenvalue weighted by Gasteiger charge is 2.12. The van der Waals surface area contributed by atoms with E-state index in [1.807, 2.05) is 30.3 Å². The molecule has 4 N–H and O–H groups in total. The van der Waals surface area contributed by atoms with Crippen molar-refractivity contribution in [3.63, 3.8) is 0 Å². The van der Waals surface area contributed by atoms with Crippen molar-refractivity contribution >= 4 is 5.91 Å². The number of hydrogen-bond acceptors (Lipinski definition) is 3. The van der Waals surface area contributed by atoms with Crippen LogP contribution in [0, 0.1) is 0 Å². The number of nitrogens with one attached hydrogen (secondary N) is 1. The van der Waals surface area contributed by atoms with Crippen molar-refractivity contribution in [2.24, 2.45) is 5.73 Å². The first-order valence-corrected chi connectivity index (χ1v) is 5.81. The maximum absolute atomic E-state index is 11.5. The monoisotopic (exact) mass is 236 g/mol. The van der Waals surface area contributed by atoms with Crippen LogP contribution in [0.4, 0.5) is 0 Å². The van der Waals surface area contributed by atoms with Crippen molar-refractivity contribution in [2.45, 2.75) is 31.8 Å². The summed E-state index contributed by atoms with van der Waals surface area (Å²) < 4.78 is 0. The molecule has 1 aromatic rings. The Morgan fingerprint density at radius 2 is 2.06 bits per heavy atom. The first-order chi connectivity index (χ1) is 8.11. The summed E-state index contributed by atoms with van der Waals surface area (Å²) in [6.07, 6.45) is 0.910. The molecule has 17 heavy (non-hydrogen) atoms. The van der Waals surface area contributed by atoms with Crippen LogP contribution in [0.1, 0.15) is 18.9 Å². The van der Waals surface area contributed by atoms with E-state index >= 15 is 0 Å². The molecule has 0 saturated heterocycles. The first kappa shape index (κ1) is 13.7. The van der Waals surface area contributed by atoms with Crippen LogP contribution in [0.2, 0.25) is 0 Å². The van der Waals surface area contributed by atoms with E-state index in [9.17, 15) is 9.90 Å². The standard InChI is InChI=1S/C13H20N2O2/c1-10(14)7-13(17)15-12(9-16)8-11-5-3-2-4-6-11/h2-6,10,12,16H,7-9,14H2,1H3,(H,15,17)/t10?,12-/m1/s1. The molecular weight excluding hydrogens is 216 g/mol. The van der Waals surface area contributed by atoms with E-state index in [-0.39, 0.29) is 31.0 Å². The van der Waals surface area contributed by atoms with Gasteiger partial charge in [-0.2, -0.15) is 0 Å². The zero-order chi connectivity index (χ0) is 12.7. The van der Waals surface area contributed by atoms with E-state index < -0.39 is 0 Å². The third-order valence-corrected chi connectivity index (χ3v) is 2.42. The van der Waals surface area contributed by atoms with E-state index in [0.29, 0.717) is 6.42 Å². The largest absolute Gasteiger partial charge is 0.394 e. The molecule has 0 aliphatic rings. The SMILES string of the molecule is CC(N)CC(=O)N[C@@H](CO)Cc1ccccc1. The number of aliphatic hydroxyl groups excluding tert-OH is 1. The minimum Gasteiger partial charge on any atom is -0.394 e. The summed E-state index contributed by atoms with van der Waals surface area (Å²) in [6.45, 7) is 1.71. The van der Waals surface area contributed by atoms with E-state index in [4.69, 9.17) is 5.73 Å². The predicted molar refractivity (Wildman–Crippen MR) is 67.4 cm³/mol. The highest BCUT2D eigenvalue weighted by Crippen LogP contribution is 2.03. The molecule has 0 radical (unpaired) electrons. The van der Waals surface area contributed by atoms with Crippen LogP contribution in [0.5, 0.6) is 0 Å². The van der Waals surface area contributed by atoms with Crippen molar-refractivity contribution in [1.82, 2.24) is 5.32 Å². The van der Waals surface area contributed by atoms with Gasteiger partial charge in [-0.05, 0) is 18.9 Å². The molecule has 4 nitrogen and oxygen atoms in total. The van der Waals surface area contributed by atoms with Crippen molar-refractivity contribution in [3.8, 4) is 0 Å². The van der Waals surface area contributed by atoms with Crippen LogP contribution in [-0.4, -0.2) is 29.7 Å². The number of hydrogen-bond donors (Lipinski definition) is 3. The van der Waals surface area contributed by atoms with Gasteiger partial charge in [0.2, 0.25) is 5.91 Å². The maximum atomic E-state index is 11.5. The number of nitrogens with two attached hydrogens (primary N) is 1. The number of amides is 1. The first-order valence-electron chi connectivity index (χ1n) is 5.81. The molecule has 0 aliphatic heterocycles. The Labute approximate surface area is 102 Å². The van der Waals surface area contributed by atoms with Gasteiger partial charge in [0.15, 0.2) is 0 Å². The number of carbonyl (C=O) groups is 1. The fraction of sp³-hybridized carbons (Fsp3) is 0.462. The number of rotatable bonds is 6. The molecule has 0 aromatic heterocycles. The zero-order valence-corrected chi connectivity index (χ0v) is 10.1. The van der Waals surface area contributed by atoms with Gasteiger partial charge in [-0.1, -0.05) is 30.3 Å². The normalized spacial score (nSPS) is 14.1. The van der Waals surface area contributed by atoms with Crippen LogP contribution in [0.3, 0.4) is 0 Å². The summed E-state index contributed by atoms with van der Waals surface area (Å²) in [5.74, 6) is -0.116. The lowest BCUT2D eigenvalue weighted by molar-refractivity contribution is -0.122. The Hall–Kier alpha value is -1.39. The highest BCUT2D eigenvalue weighted by molar-refractivity contribution is 5.76. The lowest BCUT2D eigenvalue weighted by Crippen LogP contribution is -2.41. The molecule has 0 saturated carbocycles. The molecule has 0 fully saturated rings. The van der Waals surface area contributed by atoms with E-state index in [0.717, 1.165) is 5.56 Å². The Balaban J connectivity index is 2.46. The summed E-state index contributed by atoms with van der Waals surface area (Å²) in [7, 11) is 0. The molecule has 0 bridgehead atoms. The molecule has 2 atom stereocenters.